The molecule has 0 bridgehead atoms. The van der Waals surface area contributed by atoms with Gasteiger partial charge in [-0.05, 0) is 25.3 Å². The van der Waals surface area contributed by atoms with E-state index in [1.165, 1.54) is 0 Å². The number of fused-ring (bicyclic) bond motifs is 1. The van der Waals surface area contributed by atoms with Crippen LogP contribution in [0.15, 0.2) is 18.3 Å². The van der Waals surface area contributed by atoms with E-state index >= 15 is 0 Å². The fourth-order valence-electron chi connectivity index (χ4n) is 4.17. The Morgan fingerprint density at radius 3 is 2.61 bits per heavy atom. The normalized spacial score (nSPS) is 27.8. The summed E-state index contributed by atoms with van der Waals surface area (Å²) in [7, 11) is 0. The van der Waals surface area contributed by atoms with Gasteiger partial charge in [0.15, 0.2) is 11.6 Å². The fraction of sp³-hybridized carbons (Fsp3) is 0.500. The smallest absolute Gasteiger partial charge is 0.161 e. The van der Waals surface area contributed by atoms with Crippen molar-refractivity contribution in [2.75, 3.05) is 6.61 Å². The first-order chi connectivity index (χ1) is 13.5. The highest BCUT2D eigenvalue weighted by Gasteiger charge is 2.37. The highest BCUT2D eigenvalue weighted by molar-refractivity contribution is 5.26. The van der Waals surface area contributed by atoms with Crippen molar-refractivity contribution in [3.8, 4) is 0 Å². The third kappa shape index (κ3) is 3.19. The summed E-state index contributed by atoms with van der Waals surface area (Å²) in [6, 6.07) is 0.921. The van der Waals surface area contributed by atoms with Crippen molar-refractivity contribution in [3.63, 3.8) is 0 Å². The second-order valence-corrected chi connectivity index (χ2v) is 7.97. The maximum atomic E-state index is 14.1. The van der Waals surface area contributed by atoms with E-state index in [4.69, 9.17) is 15.5 Å². The van der Waals surface area contributed by atoms with E-state index in [-0.39, 0.29) is 11.6 Å². The summed E-state index contributed by atoms with van der Waals surface area (Å²) in [5.41, 5.74) is 8.38. The summed E-state index contributed by atoms with van der Waals surface area (Å²) in [4.78, 5) is 11.4. The largest absolute Gasteiger partial charge is 0.370 e. The first kappa shape index (κ1) is 18.0. The van der Waals surface area contributed by atoms with Crippen LogP contribution < -0.4 is 5.73 Å². The van der Waals surface area contributed by atoms with E-state index in [1.807, 2.05) is 6.20 Å². The minimum absolute atomic E-state index is 0.0329. The number of hydrogen-bond donors (Lipinski definition) is 1. The molecule has 8 heteroatoms. The number of rotatable bonds is 3. The third-order valence-corrected chi connectivity index (χ3v) is 5.91. The Balaban J connectivity index is 1.28. The molecule has 2 aromatic rings. The third-order valence-electron chi connectivity index (χ3n) is 5.91. The number of ether oxygens (including phenoxy) is 1. The predicted molar refractivity (Wildman–Crippen MR) is 94.6 cm³/mol. The molecule has 3 aliphatic rings. The quantitative estimate of drug-likeness (QED) is 0.817. The van der Waals surface area contributed by atoms with Crippen LogP contribution in [0.5, 0.6) is 0 Å². The zero-order valence-corrected chi connectivity index (χ0v) is 15.2. The highest BCUT2D eigenvalue weighted by atomic mass is 19.2. The van der Waals surface area contributed by atoms with Crippen LogP contribution in [0, 0.1) is 17.5 Å². The number of aromatic nitrogens is 2. The summed E-state index contributed by atoms with van der Waals surface area (Å²) in [5.74, 6) is -1.71. The summed E-state index contributed by atoms with van der Waals surface area (Å²) in [5, 5.41) is 0. The SMILES string of the molecule is N[C@H]1C[C@@H](N2Cc3cnc(C4CC4)nc3C2)CO[C@@H]1c1cc(F)c(F)cc1F. The summed E-state index contributed by atoms with van der Waals surface area (Å²) < 4.78 is 46.7. The first-order valence-electron chi connectivity index (χ1n) is 9.60. The molecule has 148 valence electrons. The zero-order valence-electron chi connectivity index (χ0n) is 15.2. The van der Waals surface area contributed by atoms with Gasteiger partial charge in [0, 0.05) is 54.5 Å². The van der Waals surface area contributed by atoms with Gasteiger partial charge in [-0.25, -0.2) is 23.1 Å². The summed E-state index contributed by atoms with van der Waals surface area (Å²) in [6.45, 7) is 1.78. The van der Waals surface area contributed by atoms with E-state index in [0.29, 0.717) is 31.6 Å². The molecule has 2 aliphatic heterocycles. The average Bonchev–Trinajstić information content (AvgIpc) is 3.43. The highest BCUT2D eigenvalue weighted by Crippen LogP contribution is 2.39. The molecule has 1 aliphatic carbocycles. The lowest BCUT2D eigenvalue weighted by atomic mass is 9.93. The van der Waals surface area contributed by atoms with Crippen LogP contribution in [0.2, 0.25) is 0 Å². The molecular formula is C20H21F3N4O. The standard InChI is InChI=1S/C20H21F3N4O/c21-14-5-16(23)15(22)4-13(14)19-17(24)3-12(9-28-19)27-7-11-6-25-20(10-1-2-10)26-18(11)8-27/h4-6,10,12,17,19H,1-3,7-9,24H2/t12-,17+,19-/m1/s1. The van der Waals surface area contributed by atoms with Crippen molar-refractivity contribution in [2.24, 2.45) is 5.73 Å². The molecule has 0 radical (unpaired) electrons. The van der Waals surface area contributed by atoms with Crippen LogP contribution >= 0.6 is 0 Å². The number of halogens is 3. The van der Waals surface area contributed by atoms with Gasteiger partial charge in [0.2, 0.25) is 0 Å². The molecule has 0 amide bonds. The van der Waals surface area contributed by atoms with Crippen LogP contribution in [0.4, 0.5) is 13.2 Å². The Morgan fingerprint density at radius 2 is 1.86 bits per heavy atom. The zero-order chi connectivity index (χ0) is 19.4. The second-order valence-electron chi connectivity index (χ2n) is 7.97. The van der Waals surface area contributed by atoms with Gasteiger partial charge in [-0.3, -0.25) is 4.90 Å². The molecule has 28 heavy (non-hydrogen) atoms. The molecule has 5 nitrogen and oxygen atoms in total. The van der Waals surface area contributed by atoms with Crippen molar-refractivity contribution in [1.29, 1.82) is 0 Å². The Morgan fingerprint density at radius 1 is 1.07 bits per heavy atom. The van der Waals surface area contributed by atoms with Crippen LogP contribution in [0.25, 0.3) is 0 Å². The van der Waals surface area contributed by atoms with Gasteiger partial charge in [-0.15, -0.1) is 0 Å². The molecule has 2 fully saturated rings. The van der Waals surface area contributed by atoms with E-state index in [2.05, 4.69) is 9.88 Å². The molecule has 1 aromatic carbocycles. The van der Waals surface area contributed by atoms with Gasteiger partial charge in [-0.2, -0.15) is 0 Å². The Labute approximate surface area is 160 Å². The van der Waals surface area contributed by atoms with Gasteiger partial charge in [0.05, 0.1) is 12.3 Å². The Kier molecular flexibility index (Phi) is 4.37. The fourth-order valence-corrected chi connectivity index (χ4v) is 4.17. The number of benzene rings is 1. The lowest BCUT2D eigenvalue weighted by Gasteiger charge is -2.38. The minimum Gasteiger partial charge on any atom is -0.370 e. The molecule has 3 heterocycles. The van der Waals surface area contributed by atoms with E-state index < -0.39 is 29.6 Å². The Bertz CT molecular complexity index is 921. The van der Waals surface area contributed by atoms with Crippen LogP contribution in [0.1, 0.15) is 53.9 Å². The van der Waals surface area contributed by atoms with Gasteiger partial charge in [0.1, 0.15) is 17.7 Å². The van der Waals surface area contributed by atoms with Crippen molar-refractivity contribution >= 4 is 0 Å². The van der Waals surface area contributed by atoms with Crippen molar-refractivity contribution in [1.82, 2.24) is 14.9 Å². The van der Waals surface area contributed by atoms with Crippen LogP contribution in [-0.4, -0.2) is 33.6 Å². The molecule has 3 atom stereocenters. The second kappa shape index (κ2) is 6.79. The van der Waals surface area contributed by atoms with E-state index in [1.54, 1.807) is 0 Å². The lowest BCUT2D eigenvalue weighted by molar-refractivity contribution is -0.0532. The number of nitrogens with two attached hydrogens (primary N) is 1. The van der Waals surface area contributed by atoms with Crippen molar-refractivity contribution < 1.29 is 17.9 Å². The van der Waals surface area contributed by atoms with E-state index in [9.17, 15) is 13.2 Å². The molecule has 0 unspecified atom stereocenters. The average molecular weight is 390 g/mol. The first-order valence-corrected chi connectivity index (χ1v) is 9.60. The lowest BCUT2D eigenvalue weighted by Crippen LogP contribution is -2.47. The topological polar surface area (TPSA) is 64.3 Å². The van der Waals surface area contributed by atoms with Crippen molar-refractivity contribution in [3.05, 3.63) is 58.4 Å². The van der Waals surface area contributed by atoms with Gasteiger partial charge in [0.25, 0.3) is 0 Å². The molecule has 1 saturated carbocycles. The summed E-state index contributed by atoms with van der Waals surface area (Å²) in [6.07, 6.45) is 4.02. The number of nitrogens with zero attached hydrogens (tertiary/aromatic N) is 3. The molecule has 2 N–H and O–H groups in total. The minimum atomic E-state index is -1.22. The van der Waals surface area contributed by atoms with Crippen LogP contribution in [-0.2, 0) is 17.8 Å². The predicted octanol–water partition coefficient (Wildman–Crippen LogP) is 2.94. The molecule has 5 rings (SSSR count). The monoisotopic (exact) mass is 390 g/mol. The molecular weight excluding hydrogens is 369 g/mol. The van der Waals surface area contributed by atoms with Gasteiger partial charge >= 0.3 is 0 Å². The Hall–Kier alpha value is -2.03. The molecule has 1 saturated heterocycles. The molecule has 0 spiro atoms. The number of hydrogen-bond acceptors (Lipinski definition) is 5. The maximum Gasteiger partial charge on any atom is 0.161 e. The maximum absolute atomic E-state index is 14.1. The van der Waals surface area contributed by atoms with E-state index in [0.717, 1.165) is 42.5 Å². The van der Waals surface area contributed by atoms with Crippen molar-refractivity contribution in [2.45, 2.75) is 56.5 Å². The molecule has 1 aromatic heterocycles. The summed E-state index contributed by atoms with van der Waals surface area (Å²) >= 11 is 0. The van der Waals surface area contributed by atoms with Crippen LogP contribution in [0.3, 0.4) is 0 Å². The van der Waals surface area contributed by atoms with Gasteiger partial charge < -0.3 is 10.5 Å². The van der Waals surface area contributed by atoms with Gasteiger partial charge in [-0.1, -0.05) is 0 Å².